The SMILES string of the molecule is Cc1nc(NC(=O)c2ccoc2)c(C)c(C)c1O. The number of nitrogens with zero attached hydrogens (tertiary/aromatic N) is 1. The number of amides is 1. The molecule has 0 saturated heterocycles. The molecule has 2 N–H and O–H groups in total. The van der Waals surface area contributed by atoms with E-state index in [9.17, 15) is 9.90 Å². The minimum Gasteiger partial charge on any atom is -0.506 e. The molecule has 2 aromatic heterocycles. The molecule has 0 spiro atoms. The van der Waals surface area contributed by atoms with E-state index in [1.165, 1.54) is 12.5 Å². The van der Waals surface area contributed by atoms with Crippen LogP contribution < -0.4 is 5.32 Å². The van der Waals surface area contributed by atoms with Crippen LogP contribution in [0.1, 0.15) is 27.2 Å². The first-order chi connectivity index (χ1) is 8.50. The lowest BCUT2D eigenvalue weighted by atomic mass is 10.1. The van der Waals surface area contributed by atoms with Crippen LogP contribution in [-0.4, -0.2) is 16.0 Å². The van der Waals surface area contributed by atoms with E-state index in [-0.39, 0.29) is 11.7 Å². The molecular formula is C13H14N2O3. The second-order valence-electron chi connectivity index (χ2n) is 4.11. The number of pyridine rings is 1. The molecular weight excluding hydrogens is 232 g/mol. The quantitative estimate of drug-likeness (QED) is 0.853. The van der Waals surface area contributed by atoms with Crippen molar-refractivity contribution in [2.24, 2.45) is 0 Å². The summed E-state index contributed by atoms with van der Waals surface area (Å²) in [4.78, 5) is 16.0. The van der Waals surface area contributed by atoms with Crippen molar-refractivity contribution in [2.45, 2.75) is 20.8 Å². The van der Waals surface area contributed by atoms with Crippen LogP contribution in [0.2, 0.25) is 0 Å². The van der Waals surface area contributed by atoms with E-state index in [2.05, 4.69) is 10.3 Å². The third-order valence-electron chi connectivity index (χ3n) is 2.91. The summed E-state index contributed by atoms with van der Waals surface area (Å²) in [5.74, 6) is 0.326. The van der Waals surface area contributed by atoms with Crippen LogP contribution in [0.3, 0.4) is 0 Å². The zero-order valence-electron chi connectivity index (χ0n) is 10.4. The first-order valence-electron chi connectivity index (χ1n) is 5.51. The van der Waals surface area contributed by atoms with E-state index in [4.69, 9.17) is 4.42 Å². The van der Waals surface area contributed by atoms with Gasteiger partial charge < -0.3 is 14.8 Å². The molecule has 5 nitrogen and oxygen atoms in total. The van der Waals surface area contributed by atoms with Crippen molar-refractivity contribution in [3.8, 4) is 5.75 Å². The van der Waals surface area contributed by atoms with E-state index in [1.54, 1.807) is 26.8 Å². The molecule has 0 aromatic carbocycles. The molecule has 0 bridgehead atoms. The lowest BCUT2D eigenvalue weighted by Gasteiger charge is -2.12. The van der Waals surface area contributed by atoms with Crippen LogP contribution in [0.15, 0.2) is 23.0 Å². The Labute approximate surface area is 104 Å². The average molecular weight is 246 g/mol. The maximum Gasteiger partial charge on any atom is 0.260 e. The van der Waals surface area contributed by atoms with Gasteiger partial charge in [0.05, 0.1) is 17.5 Å². The highest BCUT2D eigenvalue weighted by atomic mass is 16.3. The fourth-order valence-corrected chi connectivity index (χ4v) is 1.63. The molecule has 0 aliphatic rings. The second-order valence-corrected chi connectivity index (χ2v) is 4.11. The number of carbonyl (C=O) groups excluding carboxylic acids is 1. The Morgan fingerprint density at radius 2 is 2.06 bits per heavy atom. The topological polar surface area (TPSA) is 75.4 Å². The van der Waals surface area contributed by atoms with Gasteiger partial charge in [-0.3, -0.25) is 4.79 Å². The molecule has 18 heavy (non-hydrogen) atoms. The van der Waals surface area contributed by atoms with E-state index in [0.717, 1.165) is 5.56 Å². The summed E-state index contributed by atoms with van der Waals surface area (Å²) in [5.41, 5.74) is 2.38. The van der Waals surface area contributed by atoms with Crippen LogP contribution in [0.5, 0.6) is 5.75 Å². The van der Waals surface area contributed by atoms with Gasteiger partial charge in [0.15, 0.2) is 0 Å². The lowest BCUT2D eigenvalue weighted by molar-refractivity contribution is 0.102. The van der Waals surface area contributed by atoms with E-state index >= 15 is 0 Å². The Bertz CT molecular complexity index is 589. The summed E-state index contributed by atoms with van der Waals surface area (Å²) in [6, 6.07) is 1.57. The number of nitrogens with one attached hydrogen (secondary N) is 1. The standard InChI is InChI=1S/C13H14N2O3/c1-7-8(2)12(14-9(3)11(7)16)15-13(17)10-4-5-18-6-10/h4-6,16H,1-3H3,(H,14,15,17). The van der Waals surface area contributed by atoms with Crippen LogP contribution in [0.25, 0.3) is 0 Å². The molecule has 0 radical (unpaired) electrons. The highest BCUT2D eigenvalue weighted by Crippen LogP contribution is 2.27. The molecule has 94 valence electrons. The number of carbonyl (C=O) groups is 1. The number of hydrogen-bond donors (Lipinski definition) is 2. The number of aromatic nitrogens is 1. The number of rotatable bonds is 2. The van der Waals surface area contributed by atoms with Gasteiger partial charge >= 0.3 is 0 Å². The van der Waals surface area contributed by atoms with Crippen molar-refractivity contribution in [3.05, 3.63) is 41.0 Å². The number of furan rings is 1. The first kappa shape index (κ1) is 12.2. The molecule has 1 amide bonds. The molecule has 0 atom stereocenters. The molecule has 0 fully saturated rings. The van der Waals surface area contributed by atoms with Crippen molar-refractivity contribution in [1.29, 1.82) is 0 Å². The van der Waals surface area contributed by atoms with Gasteiger partial charge in [0.25, 0.3) is 5.91 Å². The fraction of sp³-hybridized carbons (Fsp3) is 0.231. The highest BCUT2D eigenvalue weighted by molar-refractivity contribution is 6.03. The Balaban J connectivity index is 2.33. The van der Waals surface area contributed by atoms with Gasteiger partial charge in [-0.05, 0) is 38.0 Å². The normalized spacial score (nSPS) is 10.4. The minimum atomic E-state index is -0.288. The Morgan fingerprint density at radius 3 is 2.67 bits per heavy atom. The largest absolute Gasteiger partial charge is 0.506 e. The second kappa shape index (κ2) is 4.52. The molecule has 2 rings (SSSR count). The molecule has 5 heteroatoms. The fourth-order valence-electron chi connectivity index (χ4n) is 1.63. The van der Waals surface area contributed by atoms with Crippen LogP contribution in [-0.2, 0) is 0 Å². The van der Waals surface area contributed by atoms with Crippen molar-refractivity contribution >= 4 is 11.7 Å². The van der Waals surface area contributed by atoms with Gasteiger partial charge in [-0.15, -0.1) is 0 Å². The number of anilines is 1. The van der Waals surface area contributed by atoms with E-state index in [1.807, 2.05) is 0 Å². The van der Waals surface area contributed by atoms with Gasteiger partial charge in [0, 0.05) is 0 Å². The van der Waals surface area contributed by atoms with Crippen molar-refractivity contribution in [2.75, 3.05) is 5.32 Å². The zero-order valence-corrected chi connectivity index (χ0v) is 10.4. The Hall–Kier alpha value is -2.30. The molecule has 0 aliphatic heterocycles. The molecule has 0 aliphatic carbocycles. The Kier molecular flexibility index (Phi) is 3.06. The molecule has 0 unspecified atom stereocenters. The molecule has 2 heterocycles. The van der Waals surface area contributed by atoms with Gasteiger partial charge in [-0.2, -0.15) is 0 Å². The van der Waals surface area contributed by atoms with Crippen LogP contribution >= 0.6 is 0 Å². The lowest BCUT2D eigenvalue weighted by Crippen LogP contribution is -2.14. The first-order valence-corrected chi connectivity index (χ1v) is 5.51. The summed E-state index contributed by atoms with van der Waals surface area (Å²) in [7, 11) is 0. The minimum absolute atomic E-state index is 0.161. The van der Waals surface area contributed by atoms with E-state index < -0.39 is 0 Å². The predicted molar refractivity (Wildman–Crippen MR) is 66.8 cm³/mol. The van der Waals surface area contributed by atoms with Gasteiger partial charge in [-0.1, -0.05) is 0 Å². The number of aromatic hydroxyl groups is 1. The summed E-state index contributed by atoms with van der Waals surface area (Å²) >= 11 is 0. The average Bonchev–Trinajstić information content (AvgIpc) is 2.87. The van der Waals surface area contributed by atoms with Gasteiger partial charge in [0.1, 0.15) is 17.8 Å². The summed E-state index contributed by atoms with van der Waals surface area (Å²) in [5, 5.41) is 12.4. The molecule has 2 aromatic rings. The maximum atomic E-state index is 11.9. The van der Waals surface area contributed by atoms with Gasteiger partial charge in [-0.25, -0.2) is 4.98 Å². The summed E-state index contributed by atoms with van der Waals surface area (Å²) in [6.45, 7) is 5.27. The molecule has 0 saturated carbocycles. The number of aryl methyl sites for hydroxylation is 1. The van der Waals surface area contributed by atoms with Crippen molar-refractivity contribution in [3.63, 3.8) is 0 Å². The zero-order chi connectivity index (χ0) is 13.3. The Morgan fingerprint density at radius 1 is 1.33 bits per heavy atom. The summed E-state index contributed by atoms with van der Waals surface area (Å²) < 4.78 is 4.85. The maximum absolute atomic E-state index is 11.9. The van der Waals surface area contributed by atoms with Crippen LogP contribution in [0.4, 0.5) is 5.82 Å². The van der Waals surface area contributed by atoms with Crippen LogP contribution in [0, 0.1) is 20.8 Å². The monoisotopic (exact) mass is 246 g/mol. The third kappa shape index (κ3) is 2.07. The van der Waals surface area contributed by atoms with Gasteiger partial charge in [0.2, 0.25) is 0 Å². The van der Waals surface area contributed by atoms with E-state index in [0.29, 0.717) is 22.6 Å². The summed E-state index contributed by atoms with van der Waals surface area (Å²) in [6.07, 6.45) is 2.80. The smallest absolute Gasteiger partial charge is 0.260 e. The highest BCUT2D eigenvalue weighted by Gasteiger charge is 2.14. The number of hydrogen-bond acceptors (Lipinski definition) is 4. The van der Waals surface area contributed by atoms with Crippen molar-refractivity contribution in [1.82, 2.24) is 4.98 Å². The predicted octanol–water partition coefficient (Wildman–Crippen LogP) is 2.56. The van der Waals surface area contributed by atoms with Crippen molar-refractivity contribution < 1.29 is 14.3 Å². The third-order valence-corrected chi connectivity index (χ3v) is 2.91.